The van der Waals surface area contributed by atoms with Crippen LogP contribution in [0, 0.1) is 0 Å². The Labute approximate surface area is 171 Å². The summed E-state index contributed by atoms with van der Waals surface area (Å²) in [5.41, 5.74) is 0.410. The van der Waals surface area contributed by atoms with Crippen molar-refractivity contribution in [2.24, 2.45) is 0 Å². The lowest BCUT2D eigenvalue weighted by Gasteiger charge is -2.27. The largest absolute Gasteiger partial charge is 0.435 e. The highest BCUT2D eigenvalue weighted by molar-refractivity contribution is 6.04. The average molecular weight is 415 g/mol. The predicted molar refractivity (Wildman–Crippen MR) is 107 cm³/mol. The molecule has 4 rings (SSSR count). The Kier molecular flexibility index (Phi) is 5.43. The van der Waals surface area contributed by atoms with Gasteiger partial charge in [-0.15, -0.1) is 0 Å². The Balaban J connectivity index is 1.40. The molecule has 0 atom stereocenters. The van der Waals surface area contributed by atoms with E-state index in [-0.39, 0.29) is 5.91 Å². The highest BCUT2D eigenvalue weighted by Crippen LogP contribution is 2.28. The number of nitrogens with one attached hydrogen (secondary N) is 1. The zero-order chi connectivity index (χ0) is 21.1. The van der Waals surface area contributed by atoms with E-state index in [0.717, 1.165) is 42.5 Å². The minimum Gasteiger partial charge on any atom is -0.357 e. The summed E-state index contributed by atoms with van der Waals surface area (Å²) in [6.07, 6.45) is 1.92. The first-order valence-electron chi connectivity index (χ1n) is 9.66. The van der Waals surface area contributed by atoms with Gasteiger partial charge in [0.1, 0.15) is 5.82 Å². The van der Waals surface area contributed by atoms with Gasteiger partial charge >= 0.3 is 6.18 Å². The molecule has 3 heterocycles. The first kappa shape index (κ1) is 19.9. The van der Waals surface area contributed by atoms with Crippen molar-refractivity contribution in [3.8, 4) is 5.69 Å². The van der Waals surface area contributed by atoms with E-state index in [0.29, 0.717) is 16.9 Å². The van der Waals surface area contributed by atoms with Crippen LogP contribution in [0.4, 0.5) is 24.7 Å². The summed E-state index contributed by atoms with van der Waals surface area (Å²) < 4.78 is 39.2. The maximum absolute atomic E-state index is 12.7. The fourth-order valence-electron chi connectivity index (χ4n) is 3.36. The molecule has 1 saturated heterocycles. The second-order valence-electron chi connectivity index (χ2n) is 7.10. The number of anilines is 2. The van der Waals surface area contributed by atoms with E-state index in [4.69, 9.17) is 0 Å². The number of pyridine rings is 1. The van der Waals surface area contributed by atoms with Crippen LogP contribution in [0.1, 0.15) is 35.3 Å². The van der Waals surface area contributed by atoms with Crippen molar-refractivity contribution in [2.75, 3.05) is 23.3 Å². The summed E-state index contributed by atoms with van der Waals surface area (Å²) in [5, 5.41) is 6.30. The quantitative estimate of drug-likeness (QED) is 0.680. The Bertz CT molecular complexity index is 1010. The van der Waals surface area contributed by atoms with Crippen LogP contribution >= 0.6 is 0 Å². The molecule has 6 nitrogen and oxygen atoms in total. The number of piperidine rings is 1. The summed E-state index contributed by atoms with van der Waals surface area (Å²) >= 11 is 0. The second kappa shape index (κ2) is 8.17. The fraction of sp³-hybridized carbons (Fsp3) is 0.286. The number of amides is 1. The van der Waals surface area contributed by atoms with E-state index >= 15 is 0 Å². The minimum absolute atomic E-state index is 0.328. The van der Waals surface area contributed by atoms with Gasteiger partial charge in [0, 0.05) is 24.8 Å². The monoisotopic (exact) mass is 415 g/mol. The molecule has 0 bridgehead atoms. The Hall–Kier alpha value is -3.36. The van der Waals surface area contributed by atoms with Crippen LogP contribution in [-0.2, 0) is 6.18 Å². The number of benzene rings is 1. The molecule has 1 fully saturated rings. The van der Waals surface area contributed by atoms with Crippen molar-refractivity contribution < 1.29 is 18.0 Å². The molecule has 9 heteroatoms. The summed E-state index contributed by atoms with van der Waals surface area (Å²) in [4.78, 5) is 19.1. The number of hydrogen-bond donors (Lipinski definition) is 1. The number of carbonyl (C=O) groups is 1. The zero-order valence-corrected chi connectivity index (χ0v) is 16.1. The second-order valence-corrected chi connectivity index (χ2v) is 7.10. The summed E-state index contributed by atoms with van der Waals surface area (Å²) in [6.45, 7) is 1.98. The van der Waals surface area contributed by atoms with Crippen LogP contribution in [0.15, 0.2) is 54.9 Å². The van der Waals surface area contributed by atoms with E-state index in [1.54, 1.807) is 18.3 Å². The molecule has 0 spiro atoms. The van der Waals surface area contributed by atoms with Crippen LogP contribution in [0.2, 0.25) is 0 Å². The SMILES string of the molecule is O=C(Nc1ccc(N2CCCCC2)nc1)c1ccc(-n2ccc(C(F)(F)F)n2)cc1. The maximum atomic E-state index is 12.7. The van der Waals surface area contributed by atoms with Gasteiger partial charge in [0.2, 0.25) is 0 Å². The maximum Gasteiger partial charge on any atom is 0.435 e. The van der Waals surface area contributed by atoms with Crippen LogP contribution in [0.5, 0.6) is 0 Å². The minimum atomic E-state index is -4.50. The molecular weight excluding hydrogens is 395 g/mol. The Morgan fingerprint density at radius 3 is 2.30 bits per heavy atom. The molecule has 1 amide bonds. The number of nitrogens with zero attached hydrogens (tertiary/aromatic N) is 4. The molecule has 156 valence electrons. The highest BCUT2D eigenvalue weighted by atomic mass is 19.4. The van der Waals surface area contributed by atoms with Crippen LogP contribution in [0.3, 0.4) is 0 Å². The number of rotatable bonds is 4. The third kappa shape index (κ3) is 4.45. The van der Waals surface area contributed by atoms with Gasteiger partial charge in [-0.25, -0.2) is 9.67 Å². The predicted octanol–water partition coefficient (Wildman–Crippen LogP) is 4.53. The van der Waals surface area contributed by atoms with Crippen molar-refractivity contribution in [3.63, 3.8) is 0 Å². The van der Waals surface area contributed by atoms with Gasteiger partial charge in [0.25, 0.3) is 5.91 Å². The van der Waals surface area contributed by atoms with Crippen molar-refractivity contribution in [1.82, 2.24) is 14.8 Å². The lowest BCUT2D eigenvalue weighted by molar-refractivity contribution is -0.141. The molecular formula is C21H20F3N5O. The standard InChI is InChI=1S/C21H20F3N5O/c22-21(23,24)18-10-13-29(27-18)17-7-4-15(5-8-17)20(30)26-16-6-9-19(25-14-16)28-11-2-1-3-12-28/h4-10,13-14H,1-3,11-12H2,(H,26,30). The van der Waals surface area contributed by atoms with Gasteiger partial charge < -0.3 is 10.2 Å². The van der Waals surface area contributed by atoms with E-state index in [9.17, 15) is 18.0 Å². The van der Waals surface area contributed by atoms with Gasteiger partial charge in [-0.05, 0) is 61.7 Å². The molecule has 0 saturated carbocycles. The van der Waals surface area contributed by atoms with E-state index in [2.05, 4.69) is 20.3 Å². The molecule has 3 aromatic rings. The number of aromatic nitrogens is 3. The van der Waals surface area contributed by atoms with Gasteiger partial charge in [-0.3, -0.25) is 4.79 Å². The smallest absolute Gasteiger partial charge is 0.357 e. The van der Waals surface area contributed by atoms with E-state index < -0.39 is 11.9 Å². The molecule has 1 N–H and O–H groups in total. The first-order valence-corrected chi connectivity index (χ1v) is 9.66. The number of hydrogen-bond acceptors (Lipinski definition) is 4. The van der Waals surface area contributed by atoms with Crippen molar-refractivity contribution in [3.05, 3.63) is 66.1 Å². The van der Waals surface area contributed by atoms with Gasteiger partial charge in [0.15, 0.2) is 5.69 Å². The average Bonchev–Trinajstić information content (AvgIpc) is 3.26. The summed E-state index contributed by atoms with van der Waals surface area (Å²) in [6, 6.07) is 10.8. The molecule has 2 aromatic heterocycles. The van der Waals surface area contributed by atoms with Crippen molar-refractivity contribution in [2.45, 2.75) is 25.4 Å². The van der Waals surface area contributed by atoms with Gasteiger partial charge in [-0.1, -0.05) is 0 Å². The summed E-state index contributed by atoms with van der Waals surface area (Å²) in [5.74, 6) is 0.569. The van der Waals surface area contributed by atoms with Crippen molar-refractivity contribution in [1.29, 1.82) is 0 Å². The van der Waals surface area contributed by atoms with Crippen molar-refractivity contribution >= 4 is 17.4 Å². The third-order valence-corrected chi connectivity index (χ3v) is 4.96. The Morgan fingerprint density at radius 2 is 1.70 bits per heavy atom. The number of halogens is 3. The van der Waals surface area contributed by atoms with E-state index in [1.165, 1.54) is 24.8 Å². The lowest BCUT2D eigenvalue weighted by atomic mass is 10.1. The molecule has 30 heavy (non-hydrogen) atoms. The molecule has 1 aliphatic heterocycles. The third-order valence-electron chi connectivity index (χ3n) is 4.96. The molecule has 0 aliphatic carbocycles. The van der Waals surface area contributed by atoms with Crippen LogP contribution < -0.4 is 10.2 Å². The van der Waals surface area contributed by atoms with E-state index in [1.807, 2.05) is 12.1 Å². The van der Waals surface area contributed by atoms with Gasteiger partial charge in [0.05, 0.1) is 17.6 Å². The number of carbonyl (C=O) groups excluding carboxylic acids is 1. The van der Waals surface area contributed by atoms with Crippen LogP contribution in [0.25, 0.3) is 5.69 Å². The molecule has 0 radical (unpaired) electrons. The Morgan fingerprint density at radius 1 is 0.967 bits per heavy atom. The normalized spacial score (nSPS) is 14.6. The topological polar surface area (TPSA) is 63.1 Å². The van der Waals surface area contributed by atoms with Crippen LogP contribution in [-0.4, -0.2) is 33.8 Å². The highest BCUT2D eigenvalue weighted by Gasteiger charge is 2.33. The first-order chi connectivity index (χ1) is 14.4. The number of alkyl halides is 3. The lowest BCUT2D eigenvalue weighted by Crippen LogP contribution is -2.30. The molecule has 1 aliphatic rings. The molecule has 0 unspecified atom stereocenters. The molecule has 1 aromatic carbocycles. The summed E-state index contributed by atoms with van der Waals surface area (Å²) in [7, 11) is 0. The zero-order valence-electron chi connectivity index (χ0n) is 16.1. The van der Waals surface area contributed by atoms with Gasteiger partial charge in [-0.2, -0.15) is 18.3 Å². The fourth-order valence-corrected chi connectivity index (χ4v) is 3.36.